The highest BCUT2D eigenvalue weighted by Crippen LogP contribution is 2.23. The van der Waals surface area contributed by atoms with Gasteiger partial charge in [0.15, 0.2) is 0 Å². The van der Waals surface area contributed by atoms with Gasteiger partial charge in [-0.3, -0.25) is 4.79 Å². The standard InChI is InChI=1S/C24H23BrClN3O3S/c1-2-18-7-9-19(10-8-18)15-27-28-24(30)17-29(16-20-5-3-4-6-23(20)26)33(31,32)22-13-11-21(25)12-14-22/h3-15H,2,16-17H2,1H3,(H,28,30)/b27-15+. The van der Waals surface area contributed by atoms with Crippen molar-refractivity contribution in [3.8, 4) is 0 Å². The van der Waals surface area contributed by atoms with Crippen LogP contribution < -0.4 is 5.43 Å². The quantitative estimate of drug-likeness (QED) is 0.302. The summed E-state index contributed by atoms with van der Waals surface area (Å²) in [5.41, 5.74) is 5.02. The molecule has 0 atom stereocenters. The van der Waals surface area contributed by atoms with E-state index in [9.17, 15) is 13.2 Å². The number of benzene rings is 3. The first-order valence-corrected chi connectivity index (χ1v) is 12.8. The molecule has 3 aromatic rings. The third kappa shape index (κ3) is 6.98. The Morgan fingerprint density at radius 1 is 1.06 bits per heavy atom. The van der Waals surface area contributed by atoms with Crippen molar-refractivity contribution in [2.24, 2.45) is 5.10 Å². The van der Waals surface area contributed by atoms with Gasteiger partial charge in [0.2, 0.25) is 10.0 Å². The molecule has 0 unspecified atom stereocenters. The summed E-state index contributed by atoms with van der Waals surface area (Å²) in [6.07, 6.45) is 2.45. The third-order valence-electron chi connectivity index (χ3n) is 4.87. The normalized spacial score (nSPS) is 11.8. The molecule has 0 aliphatic carbocycles. The Morgan fingerprint density at radius 2 is 1.73 bits per heavy atom. The fourth-order valence-corrected chi connectivity index (χ4v) is 4.85. The molecule has 0 radical (unpaired) electrons. The highest BCUT2D eigenvalue weighted by Gasteiger charge is 2.27. The number of halogens is 2. The van der Waals surface area contributed by atoms with Crippen LogP contribution in [0.3, 0.4) is 0 Å². The first-order chi connectivity index (χ1) is 15.8. The molecule has 0 bridgehead atoms. The number of nitrogens with one attached hydrogen (secondary N) is 1. The van der Waals surface area contributed by atoms with Crippen molar-refractivity contribution in [2.45, 2.75) is 24.8 Å². The maximum absolute atomic E-state index is 13.3. The minimum Gasteiger partial charge on any atom is -0.272 e. The molecule has 33 heavy (non-hydrogen) atoms. The predicted octanol–water partition coefficient (Wildman–Crippen LogP) is 5.01. The van der Waals surface area contributed by atoms with E-state index >= 15 is 0 Å². The molecule has 0 saturated heterocycles. The number of hydrogen-bond acceptors (Lipinski definition) is 4. The molecule has 0 aromatic heterocycles. The number of hydrogen-bond donors (Lipinski definition) is 1. The van der Waals surface area contributed by atoms with Crippen LogP contribution in [0.2, 0.25) is 5.02 Å². The van der Waals surface area contributed by atoms with Crippen LogP contribution in [0.25, 0.3) is 0 Å². The van der Waals surface area contributed by atoms with Crippen LogP contribution in [-0.4, -0.2) is 31.4 Å². The van der Waals surface area contributed by atoms with Gasteiger partial charge in [-0.1, -0.05) is 76.9 Å². The van der Waals surface area contributed by atoms with Crippen molar-refractivity contribution in [3.05, 3.63) is 99.0 Å². The predicted molar refractivity (Wildman–Crippen MR) is 135 cm³/mol. The molecular weight excluding hydrogens is 526 g/mol. The maximum Gasteiger partial charge on any atom is 0.255 e. The van der Waals surface area contributed by atoms with E-state index in [1.54, 1.807) is 36.4 Å². The molecule has 9 heteroatoms. The summed E-state index contributed by atoms with van der Waals surface area (Å²) in [6.45, 7) is 1.59. The third-order valence-corrected chi connectivity index (χ3v) is 7.57. The highest BCUT2D eigenvalue weighted by atomic mass is 79.9. The summed E-state index contributed by atoms with van der Waals surface area (Å²) < 4.78 is 28.4. The summed E-state index contributed by atoms with van der Waals surface area (Å²) in [7, 11) is -3.97. The highest BCUT2D eigenvalue weighted by molar-refractivity contribution is 9.10. The maximum atomic E-state index is 13.3. The van der Waals surface area contributed by atoms with Gasteiger partial charge < -0.3 is 0 Å². The monoisotopic (exact) mass is 547 g/mol. The average molecular weight is 549 g/mol. The number of rotatable bonds is 9. The number of amides is 1. The number of nitrogens with zero attached hydrogens (tertiary/aromatic N) is 2. The number of carbonyl (C=O) groups is 1. The van der Waals surface area contributed by atoms with E-state index in [1.807, 2.05) is 24.3 Å². The van der Waals surface area contributed by atoms with Gasteiger partial charge in [0.05, 0.1) is 17.7 Å². The summed E-state index contributed by atoms with van der Waals surface area (Å²) in [4.78, 5) is 12.7. The van der Waals surface area contributed by atoms with E-state index in [4.69, 9.17) is 11.6 Å². The van der Waals surface area contributed by atoms with Crippen molar-refractivity contribution in [1.29, 1.82) is 0 Å². The Hall–Kier alpha value is -2.52. The second kappa shape index (κ2) is 11.6. The molecule has 0 fully saturated rings. The minimum absolute atomic E-state index is 0.0618. The Labute approximate surface area is 207 Å². The SMILES string of the molecule is CCc1ccc(/C=N/NC(=O)CN(Cc2ccccc2Cl)S(=O)(=O)c2ccc(Br)cc2)cc1. The van der Waals surface area contributed by atoms with Gasteiger partial charge in [-0.05, 0) is 53.4 Å². The number of carbonyl (C=O) groups excluding carboxylic acids is 1. The lowest BCUT2D eigenvalue weighted by molar-refractivity contribution is -0.121. The molecule has 6 nitrogen and oxygen atoms in total. The van der Waals surface area contributed by atoms with Crippen molar-refractivity contribution < 1.29 is 13.2 Å². The van der Waals surface area contributed by atoms with Gasteiger partial charge in [-0.2, -0.15) is 9.41 Å². The lowest BCUT2D eigenvalue weighted by atomic mass is 10.1. The van der Waals surface area contributed by atoms with Crippen LogP contribution in [0.15, 0.2) is 87.3 Å². The first kappa shape index (κ1) is 25.1. The Kier molecular flexibility index (Phi) is 8.80. The number of sulfonamides is 1. The van der Waals surface area contributed by atoms with Gasteiger partial charge in [-0.25, -0.2) is 13.8 Å². The zero-order valence-electron chi connectivity index (χ0n) is 17.9. The van der Waals surface area contributed by atoms with E-state index in [2.05, 4.69) is 33.4 Å². The molecule has 0 heterocycles. The first-order valence-electron chi connectivity index (χ1n) is 10.2. The van der Waals surface area contributed by atoms with Crippen LogP contribution in [-0.2, 0) is 27.8 Å². The molecule has 1 amide bonds. The Morgan fingerprint density at radius 3 is 2.36 bits per heavy atom. The summed E-state index contributed by atoms with van der Waals surface area (Å²) in [5, 5.41) is 4.38. The van der Waals surface area contributed by atoms with Crippen molar-refractivity contribution >= 4 is 49.7 Å². The summed E-state index contributed by atoms with van der Waals surface area (Å²) in [6, 6.07) is 20.9. The smallest absolute Gasteiger partial charge is 0.255 e. The van der Waals surface area contributed by atoms with Gasteiger partial charge in [-0.15, -0.1) is 0 Å². The second-order valence-electron chi connectivity index (χ2n) is 7.21. The number of aryl methyl sites for hydroxylation is 1. The van der Waals surface area contributed by atoms with Crippen molar-refractivity contribution in [2.75, 3.05) is 6.54 Å². The van der Waals surface area contributed by atoms with Crippen LogP contribution in [0.4, 0.5) is 0 Å². The van der Waals surface area contributed by atoms with Crippen LogP contribution in [0.5, 0.6) is 0 Å². The lowest BCUT2D eigenvalue weighted by Crippen LogP contribution is -2.39. The van der Waals surface area contributed by atoms with E-state index in [1.165, 1.54) is 23.9 Å². The molecule has 172 valence electrons. The molecule has 0 aliphatic rings. The Balaban J connectivity index is 1.78. The van der Waals surface area contributed by atoms with E-state index in [-0.39, 0.29) is 11.4 Å². The molecule has 3 rings (SSSR count). The van der Waals surface area contributed by atoms with E-state index in [0.717, 1.165) is 20.8 Å². The van der Waals surface area contributed by atoms with Gasteiger partial charge >= 0.3 is 0 Å². The molecule has 0 aliphatic heterocycles. The van der Waals surface area contributed by atoms with Crippen molar-refractivity contribution in [1.82, 2.24) is 9.73 Å². The van der Waals surface area contributed by atoms with Gasteiger partial charge in [0, 0.05) is 16.0 Å². The fourth-order valence-electron chi connectivity index (χ4n) is 3.01. The van der Waals surface area contributed by atoms with Crippen LogP contribution in [0, 0.1) is 0 Å². The fraction of sp³-hybridized carbons (Fsp3) is 0.167. The average Bonchev–Trinajstić information content (AvgIpc) is 2.80. The second-order valence-corrected chi connectivity index (χ2v) is 10.5. The van der Waals surface area contributed by atoms with Crippen molar-refractivity contribution in [3.63, 3.8) is 0 Å². The summed E-state index contributed by atoms with van der Waals surface area (Å²) in [5.74, 6) is -0.566. The van der Waals surface area contributed by atoms with Gasteiger partial charge in [0.25, 0.3) is 5.91 Å². The van der Waals surface area contributed by atoms with Crippen LogP contribution in [0.1, 0.15) is 23.6 Å². The lowest BCUT2D eigenvalue weighted by Gasteiger charge is -2.22. The molecule has 1 N–H and O–H groups in total. The zero-order chi connectivity index (χ0) is 23.8. The molecule has 0 spiro atoms. The zero-order valence-corrected chi connectivity index (χ0v) is 21.1. The molecule has 3 aromatic carbocycles. The molecular formula is C24H23BrClN3O3S. The number of hydrazone groups is 1. The Bertz CT molecular complexity index is 1230. The topological polar surface area (TPSA) is 78.8 Å². The van der Waals surface area contributed by atoms with Gasteiger partial charge in [0.1, 0.15) is 0 Å². The summed E-state index contributed by atoms with van der Waals surface area (Å²) >= 11 is 9.55. The minimum atomic E-state index is -3.97. The molecule has 0 saturated carbocycles. The van der Waals surface area contributed by atoms with E-state index in [0.29, 0.717) is 10.6 Å². The van der Waals surface area contributed by atoms with Crippen LogP contribution >= 0.6 is 27.5 Å². The van der Waals surface area contributed by atoms with E-state index < -0.39 is 22.5 Å². The largest absolute Gasteiger partial charge is 0.272 e.